The zero-order chi connectivity index (χ0) is 19.8. The lowest BCUT2D eigenvalue weighted by molar-refractivity contribution is -0.137. The third-order valence-corrected chi connectivity index (χ3v) is 4.06. The van der Waals surface area contributed by atoms with Crippen molar-refractivity contribution in [2.45, 2.75) is 13.1 Å². The van der Waals surface area contributed by atoms with Crippen LogP contribution in [-0.4, -0.2) is 15.7 Å². The van der Waals surface area contributed by atoms with Gasteiger partial charge in [0.2, 0.25) is 5.95 Å². The lowest BCUT2D eigenvalue weighted by Crippen LogP contribution is -2.15. The second-order valence-corrected chi connectivity index (χ2v) is 5.95. The molecule has 8 heteroatoms. The predicted octanol–water partition coefficient (Wildman–Crippen LogP) is 4.81. The van der Waals surface area contributed by atoms with Crippen molar-refractivity contribution in [3.05, 3.63) is 71.3 Å². The minimum absolute atomic E-state index is 0.212. The number of carbonyl (C=O) groups is 1. The van der Waals surface area contributed by atoms with Gasteiger partial charge in [-0.3, -0.25) is 4.79 Å². The molecule has 1 heterocycles. The lowest BCUT2D eigenvalue weighted by atomic mass is 10.0. The van der Waals surface area contributed by atoms with E-state index in [0.717, 1.165) is 16.8 Å². The van der Waals surface area contributed by atoms with E-state index in [-0.39, 0.29) is 22.5 Å². The molecule has 3 rings (SSSR count). The number of aryl methyl sites for hydroxylation is 2. The number of para-hydroxylation sites is 1. The highest BCUT2D eigenvalue weighted by Crippen LogP contribution is 2.34. The third kappa shape index (κ3) is 3.69. The van der Waals surface area contributed by atoms with Crippen LogP contribution in [-0.2, 0) is 13.2 Å². The molecular formula is C19H15F4N3O. The van der Waals surface area contributed by atoms with Gasteiger partial charge < -0.3 is 5.32 Å². The van der Waals surface area contributed by atoms with Crippen molar-refractivity contribution >= 4 is 11.6 Å². The van der Waals surface area contributed by atoms with Gasteiger partial charge in [-0.25, -0.2) is 4.68 Å². The second-order valence-electron chi connectivity index (χ2n) is 5.95. The number of alkyl halides is 3. The predicted molar refractivity (Wildman–Crippen MR) is 92.7 cm³/mol. The number of anilines is 1. The van der Waals surface area contributed by atoms with Gasteiger partial charge in [0.15, 0.2) is 0 Å². The molecule has 0 radical (unpaired) electrons. The number of hydrogen-bond acceptors (Lipinski definition) is 2. The molecule has 0 atom stereocenters. The van der Waals surface area contributed by atoms with E-state index in [9.17, 15) is 22.4 Å². The van der Waals surface area contributed by atoms with Gasteiger partial charge in [-0.05, 0) is 30.7 Å². The summed E-state index contributed by atoms with van der Waals surface area (Å²) in [6.07, 6.45) is -4.48. The summed E-state index contributed by atoms with van der Waals surface area (Å²) in [6.45, 7) is 1.50. The quantitative estimate of drug-likeness (QED) is 0.666. The molecule has 0 aliphatic heterocycles. The minimum atomic E-state index is -4.48. The molecule has 27 heavy (non-hydrogen) atoms. The number of halogens is 4. The molecule has 0 saturated heterocycles. The summed E-state index contributed by atoms with van der Waals surface area (Å²) in [4.78, 5) is 12.5. The maximum atomic E-state index is 14.1. The van der Waals surface area contributed by atoms with Gasteiger partial charge >= 0.3 is 6.18 Å². The first kappa shape index (κ1) is 18.6. The van der Waals surface area contributed by atoms with Crippen LogP contribution in [0.5, 0.6) is 0 Å². The zero-order valence-corrected chi connectivity index (χ0v) is 14.4. The summed E-state index contributed by atoms with van der Waals surface area (Å²) in [7, 11) is 1.37. The SMILES string of the molecule is Cc1nn(C)c(F)c1C(=O)Nc1ccccc1-c1cccc(C(F)(F)F)c1. The highest BCUT2D eigenvalue weighted by Gasteiger charge is 2.30. The van der Waals surface area contributed by atoms with Crippen LogP contribution >= 0.6 is 0 Å². The first-order valence-electron chi connectivity index (χ1n) is 7.95. The fourth-order valence-corrected chi connectivity index (χ4v) is 2.78. The number of rotatable bonds is 3. The van der Waals surface area contributed by atoms with Gasteiger partial charge in [-0.15, -0.1) is 0 Å². The molecule has 1 amide bonds. The number of benzene rings is 2. The van der Waals surface area contributed by atoms with Crippen LogP contribution < -0.4 is 5.32 Å². The zero-order valence-electron chi connectivity index (χ0n) is 14.4. The Morgan fingerprint density at radius 2 is 1.81 bits per heavy atom. The van der Waals surface area contributed by atoms with Crippen molar-refractivity contribution in [1.29, 1.82) is 0 Å². The number of carbonyl (C=O) groups excluding carboxylic acids is 1. The molecule has 4 nitrogen and oxygen atoms in total. The first-order valence-corrected chi connectivity index (χ1v) is 7.95. The van der Waals surface area contributed by atoms with Crippen LogP contribution in [0.25, 0.3) is 11.1 Å². The highest BCUT2D eigenvalue weighted by molar-refractivity contribution is 6.07. The number of hydrogen-bond donors (Lipinski definition) is 1. The Kier molecular flexibility index (Phi) is 4.73. The van der Waals surface area contributed by atoms with E-state index in [0.29, 0.717) is 5.56 Å². The number of amides is 1. The molecular weight excluding hydrogens is 362 g/mol. The van der Waals surface area contributed by atoms with Crippen molar-refractivity contribution in [2.24, 2.45) is 7.05 Å². The standard InChI is InChI=1S/C19H15F4N3O/c1-11-16(17(20)26(2)25-11)18(27)24-15-9-4-3-8-14(15)12-6-5-7-13(10-12)19(21,22)23/h3-10H,1-2H3,(H,24,27). The molecule has 140 valence electrons. The smallest absolute Gasteiger partial charge is 0.321 e. The van der Waals surface area contributed by atoms with Crippen LogP contribution in [0.3, 0.4) is 0 Å². The number of nitrogens with zero attached hydrogens (tertiary/aromatic N) is 2. The van der Waals surface area contributed by atoms with E-state index in [1.165, 1.54) is 32.2 Å². The second kappa shape index (κ2) is 6.86. The summed E-state index contributed by atoms with van der Waals surface area (Å²) in [6, 6.07) is 11.2. The van der Waals surface area contributed by atoms with Crippen molar-refractivity contribution in [2.75, 3.05) is 5.32 Å². The topological polar surface area (TPSA) is 46.9 Å². The summed E-state index contributed by atoms with van der Waals surface area (Å²) in [5, 5.41) is 6.41. The molecule has 0 fully saturated rings. The molecule has 1 N–H and O–H groups in total. The molecule has 0 aliphatic rings. The Bertz CT molecular complexity index is 1010. The Hall–Kier alpha value is -3.16. The highest BCUT2D eigenvalue weighted by atomic mass is 19.4. The van der Waals surface area contributed by atoms with Crippen LogP contribution in [0.1, 0.15) is 21.6 Å². The monoisotopic (exact) mass is 377 g/mol. The number of nitrogens with one attached hydrogen (secondary N) is 1. The van der Waals surface area contributed by atoms with Gasteiger partial charge in [0.1, 0.15) is 5.56 Å². The fourth-order valence-electron chi connectivity index (χ4n) is 2.78. The van der Waals surface area contributed by atoms with Gasteiger partial charge in [-0.2, -0.15) is 22.7 Å². The van der Waals surface area contributed by atoms with Crippen molar-refractivity contribution < 1.29 is 22.4 Å². The Labute approximate surface area is 152 Å². The summed E-state index contributed by atoms with van der Waals surface area (Å²) < 4.78 is 54.0. The van der Waals surface area contributed by atoms with E-state index in [2.05, 4.69) is 10.4 Å². The largest absolute Gasteiger partial charge is 0.416 e. The Morgan fingerprint density at radius 1 is 1.11 bits per heavy atom. The summed E-state index contributed by atoms with van der Waals surface area (Å²) in [5.41, 5.74) is 0.142. The first-order chi connectivity index (χ1) is 12.7. The van der Waals surface area contributed by atoms with E-state index in [1.54, 1.807) is 18.2 Å². The molecule has 1 aromatic heterocycles. The van der Waals surface area contributed by atoms with E-state index >= 15 is 0 Å². The molecule has 0 saturated carbocycles. The Balaban J connectivity index is 1.99. The fraction of sp³-hybridized carbons (Fsp3) is 0.158. The van der Waals surface area contributed by atoms with Crippen LogP contribution in [0.4, 0.5) is 23.2 Å². The molecule has 2 aromatic carbocycles. The van der Waals surface area contributed by atoms with Crippen LogP contribution in [0.2, 0.25) is 0 Å². The summed E-state index contributed by atoms with van der Waals surface area (Å²) >= 11 is 0. The number of aromatic nitrogens is 2. The van der Waals surface area contributed by atoms with Crippen molar-refractivity contribution in [3.8, 4) is 11.1 Å². The van der Waals surface area contributed by atoms with Crippen LogP contribution in [0.15, 0.2) is 48.5 Å². The molecule has 0 bridgehead atoms. The van der Waals surface area contributed by atoms with E-state index < -0.39 is 23.6 Å². The van der Waals surface area contributed by atoms with Crippen molar-refractivity contribution in [1.82, 2.24) is 9.78 Å². The molecule has 3 aromatic rings. The minimum Gasteiger partial charge on any atom is -0.321 e. The Morgan fingerprint density at radius 3 is 2.44 bits per heavy atom. The maximum absolute atomic E-state index is 14.1. The van der Waals surface area contributed by atoms with Gasteiger partial charge in [0.05, 0.1) is 11.3 Å². The average molecular weight is 377 g/mol. The average Bonchev–Trinajstić information content (AvgIpc) is 2.87. The van der Waals surface area contributed by atoms with E-state index in [4.69, 9.17) is 0 Å². The molecule has 0 unspecified atom stereocenters. The van der Waals surface area contributed by atoms with Gasteiger partial charge in [0, 0.05) is 18.3 Å². The van der Waals surface area contributed by atoms with E-state index in [1.807, 2.05) is 0 Å². The van der Waals surface area contributed by atoms with Crippen LogP contribution in [0, 0.1) is 12.9 Å². The summed E-state index contributed by atoms with van der Waals surface area (Å²) in [5.74, 6) is -1.51. The molecule has 0 spiro atoms. The molecule has 0 aliphatic carbocycles. The van der Waals surface area contributed by atoms with Gasteiger partial charge in [0.25, 0.3) is 5.91 Å². The lowest BCUT2D eigenvalue weighted by Gasteiger charge is -2.13. The maximum Gasteiger partial charge on any atom is 0.416 e. The normalized spacial score (nSPS) is 11.5. The van der Waals surface area contributed by atoms with Gasteiger partial charge in [-0.1, -0.05) is 30.3 Å². The van der Waals surface area contributed by atoms with Crippen molar-refractivity contribution in [3.63, 3.8) is 0 Å². The third-order valence-electron chi connectivity index (χ3n) is 4.06.